The van der Waals surface area contributed by atoms with Gasteiger partial charge in [0.1, 0.15) is 0 Å². The lowest BCUT2D eigenvalue weighted by Gasteiger charge is -2.13. The van der Waals surface area contributed by atoms with E-state index in [-0.39, 0.29) is 6.16 Å². The Balaban J connectivity index is 4.44. The Bertz CT molecular complexity index is 263. The summed E-state index contributed by atoms with van der Waals surface area (Å²) in [5, 5.41) is 0. The van der Waals surface area contributed by atoms with Crippen LogP contribution in [0, 0.1) is 0 Å². The molecule has 0 aromatic carbocycles. The second kappa shape index (κ2) is 5.96. The fraction of sp³-hybridized carbons (Fsp3) is 0.625. The van der Waals surface area contributed by atoms with E-state index in [1.165, 1.54) is 27.4 Å². The molecule has 0 unspecified atom stereocenters. The molecule has 0 spiro atoms. The van der Waals surface area contributed by atoms with Gasteiger partial charge in [0.15, 0.2) is 0 Å². The summed E-state index contributed by atoms with van der Waals surface area (Å²) >= 11 is 0. The van der Waals surface area contributed by atoms with Crippen molar-refractivity contribution in [1.82, 2.24) is 0 Å². The number of allylic oxidation sites excluding steroid dienone is 1. The van der Waals surface area contributed by atoms with E-state index in [0.717, 1.165) is 0 Å². The molecule has 0 fully saturated rings. The highest BCUT2D eigenvalue weighted by Gasteiger charge is 2.21. The van der Waals surface area contributed by atoms with Crippen LogP contribution in [0.5, 0.6) is 0 Å². The van der Waals surface area contributed by atoms with Crippen LogP contribution in [-0.4, -0.2) is 33.5 Å². The van der Waals surface area contributed by atoms with Crippen molar-refractivity contribution in [1.29, 1.82) is 0 Å². The fourth-order valence-corrected chi connectivity index (χ4v) is 1.92. The molecule has 5 nitrogen and oxygen atoms in total. The summed E-state index contributed by atoms with van der Waals surface area (Å²) in [6.45, 7) is 1.65. The quantitative estimate of drug-likeness (QED) is 0.401. The van der Waals surface area contributed by atoms with Crippen LogP contribution >= 0.6 is 7.60 Å². The number of rotatable bonds is 5. The summed E-state index contributed by atoms with van der Waals surface area (Å²) in [4.78, 5) is 10.8. The SMILES string of the molecule is COC(=O)/C=C(\C)CP(=O)(OC)OC. The van der Waals surface area contributed by atoms with E-state index in [1.54, 1.807) is 6.92 Å². The maximum absolute atomic E-state index is 11.6. The second-order valence-corrected chi connectivity index (χ2v) is 4.92. The van der Waals surface area contributed by atoms with E-state index in [0.29, 0.717) is 5.57 Å². The molecule has 0 saturated heterocycles. The molecule has 0 aliphatic heterocycles. The minimum atomic E-state index is -3.08. The Morgan fingerprint density at radius 2 is 1.79 bits per heavy atom. The first kappa shape index (κ1) is 13.4. The van der Waals surface area contributed by atoms with Crippen LogP contribution in [0.15, 0.2) is 11.6 Å². The maximum atomic E-state index is 11.6. The summed E-state index contributed by atoms with van der Waals surface area (Å²) in [6.07, 6.45) is 1.33. The Kier molecular flexibility index (Phi) is 5.69. The second-order valence-electron chi connectivity index (χ2n) is 2.65. The zero-order valence-corrected chi connectivity index (χ0v) is 9.67. The van der Waals surface area contributed by atoms with Crippen LogP contribution < -0.4 is 0 Å². The van der Waals surface area contributed by atoms with Crippen molar-refractivity contribution in [3.63, 3.8) is 0 Å². The molecule has 0 radical (unpaired) electrons. The molecule has 14 heavy (non-hydrogen) atoms. The van der Waals surface area contributed by atoms with Gasteiger partial charge in [-0.2, -0.15) is 0 Å². The van der Waals surface area contributed by atoms with Gasteiger partial charge in [0.25, 0.3) is 0 Å². The number of carbonyl (C=O) groups is 1. The van der Waals surface area contributed by atoms with Crippen LogP contribution in [0.2, 0.25) is 0 Å². The predicted molar refractivity (Wildman–Crippen MR) is 52.3 cm³/mol. The molecule has 0 amide bonds. The molecule has 0 atom stereocenters. The molecule has 0 aliphatic carbocycles. The van der Waals surface area contributed by atoms with Crippen molar-refractivity contribution >= 4 is 13.6 Å². The van der Waals surface area contributed by atoms with Crippen molar-refractivity contribution in [2.75, 3.05) is 27.5 Å². The first-order chi connectivity index (χ1) is 6.47. The summed E-state index contributed by atoms with van der Waals surface area (Å²) in [6, 6.07) is 0. The Morgan fingerprint density at radius 1 is 1.29 bits per heavy atom. The number of esters is 1. The Morgan fingerprint density at radius 3 is 2.14 bits per heavy atom. The molecular formula is C8H15O5P. The fourth-order valence-electron chi connectivity index (χ4n) is 0.815. The van der Waals surface area contributed by atoms with Crippen LogP contribution in [-0.2, 0) is 23.1 Å². The molecule has 0 aromatic rings. The molecule has 0 bridgehead atoms. The third-order valence-corrected chi connectivity index (χ3v) is 3.56. The molecule has 82 valence electrons. The van der Waals surface area contributed by atoms with Gasteiger partial charge >= 0.3 is 13.6 Å². The zero-order chi connectivity index (χ0) is 11.2. The van der Waals surface area contributed by atoms with E-state index in [1.807, 2.05) is 0 Å². The van der Waals surface area contributed by atoms with Crippen LogP contribution in [0.3, 0.4) is 0 Å². The van der Waals surface area contributed by atoms with Gasteiger partial charge < -0.3 is 13.8 Å². The van der Waals surface area contributed by atoms with E-state index >= 15 is 0 Å². The molecule has 6 heteroatoms. The monoisotopic (exact) mass is 222 g/mol. The van der Waals surface area contributed by atoms with E-state index in [9.17, 15) is 9.36 Å². The van der Waals surface area contributed by atoms with Gasteiger partial charge in [-0.25, -0.2) is 4.79 Å². The number of ether oxygens (including phenoxy) is 1. The minimum absolute atomic E-state index is 0.0785. The predicted octanol–water partition coefficient (Wildman–Crippen LogP) is 1.59. The molecule has 0 heterocycles. The zero-order valence-electron chi connectivity index (χ0n) is 8.77. The number of carbonyl (C=O) groups excluding carboxylic acids is 1. The summed E-state index contributed by atoms with van der Waals surface area (Å²) in [7, 11) is 0.799. The van der Waals surface area contributed by atoms with Gasteiger partial charge in [-0.1, -0.05) is 5.57 Å². The summed E-state index contributed by atoms with van der Waals surface area (Å²) < 4.78 is 25.4. The molecular weight excluding hydrogens is 207 g/mol. The lowest BCUT2D eigenvalue weighted by atomic mass is 10.3. The molecule has 0 N–H and O–H groups in total. The van der Waals surface area contributed by atoms with Crippen molar-refractivity contribution < 1.29 is 23.1 Å². The number of hydrogen-bond donors (Lipinski definition) is 0. The normalized spacial score (nSPS) is 12.7. The Labute approximate surface area is 83.6 Å². The van der Waals surface area contributed by atoms with Gasteiger partial charge in [-0.15, -0.1) is 0 Å². The first-order valence-electron chi connectivity index (χ1n) is 3.93. The highest BCUT2D eigenvalue weighted by atomic mass is 31.2. The van der Waals surface area contributed by atoms with Gasteiger partial charge in [-0.3, -0.25) is 4.57 Å². The summed E-state index contributed by atoms with van der Waals surface area (Å²) in [5.41, 5.74) is 0.587. The van der Waals surface area contributed by atoms with Gasteiger partial charge in [0.05, 0.1) is 13.3 Å². The number of methoxy groups -OCH3 is 1. The van der Waals surface area contributed by atoms with Crippen LogP contribution in [0.25, 0.3) is 0 Å². The van der Waals surface area contributed by atoms with Crippen LogP contribution in [0.1, 0.15) is 6.92 Å². The Hall–Kier alpha value is -0.640. The van der Waals surface area contributed by atoms with E-state index in [4.69, 9.17) is 9.05 Å². The first-order valence-corrected chi connectivity index (χ1v) is 5.66. The highest BCUT2D eigenvalue weighted by molar-refractivity contribution is 7.54. The van der Waals surface area contributed by atoms with Gasteiger partial charge in [-0.05, 0) is 6.92 Å². The average Bonchev–Trinajstić information content (AvgIpc) is 2.17. The molecule has 0 rings (SSSR count). The number of hydrogen-bond acceptors (Lipinski definition) is 5. The van der Waals surface area contributed by atoms with E-state index in [2.05, 4.69) is 4.74 Å². The average molecular weight is 222 g/mol. The lowest BCUT2D eigenvalue weighted by Crippen LogP contribution is -2.00. The van der Waals surface area contributed by atoms with Crippen molar-refractivity contribution in [3.05, 3.63) is 11.6 Å². The van der Waals surface area contributed by atoms with Crippen LogP contribution in [0.4, 0.5) is 0 Å². The molecule has 0 aromatic heterocycles. The van der Waals surface area contributed by atoms with Gasteiger partial charge in [0, 0.05) is 20.3 Å². The molecule has 0 aliphatic rings. The molecule has 0 saturated carbocycles. The van der Waals surface area contributed by atoms with Crippen molar-refractivity contribution in [2.45, 2.75) is 6.92 Å². The third kappa shape index (κ3) is 4.56. The largest absolute Gasteiger partial charge is 0.466 e. The standard InChI is InChI=1S/C8H15O5P/c1-7(5-8(9)11-2)6-14(10,12-3)13-4/h5H,6H2,1-4H3/b7-5+. The van der Waals surface area contributed by atoms with Crippen molar-refractivity contribution in [2.24, 2.45) is 0 Å². The minimum Gasteiger partial charge on any atom is -0.466 e. The topological polar surface area (TPSA) is 61.8 Å². The maximum Gasteiger partial charge on any atom is 0.334 e. The van der Waals surface area contributed by atoms with E-state index < -0.39 is 13.6 Å². The lowest BCUT2D eigenvalue weighted by molar-refractivity contribution is -0.134. The summed E-state index contributed by atoms with van der Waals surface area (Å²) in [5.74, 6) is -0.485. The van der Waals surface area contributed by atoms with Gasteiger partial charge in [0.2, 0.25) is 0 Å². The highest BCUT2D eigenvalue weighted by Crippen LogP contribution is 2.47. The third-order valence-electron chi connectivity index (χ3n) is 1.56. The smallest absolute Gasteiger partial charge is 0.334 e. The van der Waals surface area contributed by atoms with Crippen molar-refractivity contribution in [3.8, 4) is 0 Å².